The van der Waals surface area contributed by atoms with E-state index in [2.05, 4.69) is 66.3 Å². The molecule has 2 aromatic rings. The van der Waals surface area contributed by atoms with E-state index in [0.717, 1.165) is 40.6 Å². The fourth-order valence-corrected chi connectivity index (χ4v) is 2.27. The number of benzene rings is 1. The molecule has 0 radical (unpaired) electrons. The van der Waals surface area contributed by atoms with E-state index >= 15 is 0 Å². The van der Waals surface area contributed by atoms with Gasteiger partial charge < -0.3 is 9.73 Å². The average Bonchev–Trinajstić information content (AvgIpc) is 2.86. The van der Waals surface area contributed by atoms with Crippen LogP contribution in [-0.2, 0) is 6.54 Å². The zero-order valence-electron chi connectivity index (χ0n) is 12.8. The topological polar surface area (TPSA) is 25.2 Å². The lowest BCUT2D eigenvalue weighted by Gasteiger charge is -2.05. The van der Waals surface area contributed by atoms with E-state index in [1.54, 1.807) is 0 Å². The third kappa shape index (κ3) is 5.50. The summed E-state index contributed by atoms with van der Waals surface area (Å²) in [6.45, 7) is 8.39. The van der Waals surface area contributed by atoms with E-state index in [4.69, 9.17) is 4.42 Å². The zero-order valence-corrected chi connectivity index (χ0v) is 15.2. The molecule has 2 nitrogen and oxygen atoms in total. The largest absolute Gasteiger partial charge is 0.460 e. The summed E-state index contributed by atoms with van der Waals surface area (Å²) in [5.74, 6) is 2.66. The normalized spacial score (nSPS) is 10.7. The molecule has 0 aliphatic rings. The van der Waals surface area contributed by atoms with Crippen molar-refractivity contribution in [2.45, 2.75) is 33.7 Å². The first-order chi connectivity index (χ1) is 9.56. The van der Waals surface area contributed by atoms with Crippen molar-refractivity contribution >= 4 is 28.3 Å². The average molecular weight is 373 g/mol. The van der Waals surface area contributed by atoms with E-state index in [0.29, 0.717) is 0 Å². The Bertz CT molecular complexity index is 566. The molecule has 0 spiro atoms. The maximum Gasteiger partial charge on any atom is 0.134 e. The van der Waals surface area contributed by atoms with Crippen LogP contribution in [0.25, 0.3) is 11.3 Å². The number of aryl methyl sites for hydroxylation is 1. The van der Waals surface area contributed by atoms with Gasteiger partial charge in [0.15, 0.2) is 0 Å². The molecule has 0 bridgehead atoms. The summed E-state index contributed by atoms with van der Waals surface area (Å²) in [4.78, 5) is 0. The molecule has 0 atom stereocenters. The SMILES string of the molecule is Cc1cc(-c2ccc(CNCCC(C)C)o2)ccc1Br.Cl. The Morgan fingerprint density at radius 3 is 2.62 bits per heavy atom. The number of hydrogen-bond acceptors (Lipinski definition) is 2. The number of furan rings is 1. The summed E-state index contributed by atoms with van der Waals surface area (Å²) >= 11 is 3.52. The van der Waals surface area contributed by atoms with Crippen molar-refractivity contribution in [2.75, 3.05) is 6.54 Å². The summed E-state index contributed by atoms with van der Waals surface area (Å²) in [7, 11) is 0. The first-order valence-electron chi connectivity index (χ1n) is 7.12. The Morgan fingerprint density at radius 1 is 1.19 bits per heavy atom. The second kappa shape index (κ2) is 8.62. The molecule has 0 saturated carbocycles. The van der Waals surface area contributed by atoms with Crippen LogP contribution in [0.4, 0.5) is 0 Å². The van der Waals surface area contributed by atoms with Gasteiger partial charge in [0.25, 0.3) is 0 Å². The van der Waals surface area contributed by atoms with Crippen LogP contribution in [0.1, 0.15) is 31.6 Å². The summed E-state index contributed by atoms with van der Waals surface area (Å²) < 4.78 is 7.02. The molecule has 0 aliphatic carbocycles. The van der Waals surface area contributed by atoms with Crippen molar-refractivity contribution in [1.29, 1.82) is 0 Å². The number of nitrogens with one attached hydrogen (secondary N) is 1. The molecule has 0 aliphatic heterocycles. The first kappa shape index (κ1) is 18.3. The highest BCUT2D eigenvalue weighted by Gasteiger charge is 2.06. The van der Waals surface area contributed by atoms with Gasteiger partial charge in [-0.05, 0) is 55.6 Å². The van der Waals surface area contributed by atoms with E-state index in [-0.39, 0.29) is 12.4 Å². The van der Waals surface area contributed by atoms with Crippen molar-refractivity contribution in [3.05, 3.63) is 46.1 Å². The van der Waals surface area contributed by atoms with Crippen molar-refractivity contribution < 1.29 is 4.42 Å². The van der Waals surface area contributed by atoms with Gasteiger partial charge >= 0.3 is 0 Å². The minimum absolute atomic E-state index is 0. The number of rotatable bonds is 6. The van der Waals surface area contributed by atoms with Gasteiger partial charge in [-0.1, -0.05) is 35.8 Å². The summed E-state index contributed by atoms with van der Waals surface area (Å²) in [6.07, 6.45) is 1.19. The quantitative estimate of drug-likeness (QED) is 0.670. The lowest BCUT2D eigenvalue weighted by molar-refractivity contribution is 0.474. The van der Waals surface area contributed by atoms with Gasteiger partial charge in [0.1, 0.15) is 11.5 Å². The van der Waals surface area contributed by atoms with Crippen molar-refractivity contribution in [1.82, 2.24) is 5.32 Å². The minimum atomic E-state index is 0. The highest BCUT2D eigenvalue weighted by atomic mass is 79.9. The van der Waals surface area contributed by atoms with Crippen LogP contribution in [0.3, 0.4) is 0 Å². The monoisotopic (exact) mass is 371 g/mol. The summed E-state index contributed by atoms with van der Waals surface area (Å²) in [5.41, 5.74) is 2.34. The van der Waals surface area contributed by atoms with Crippen LogP contribution < -0.4 is 5.32 Å². The Balaban J connectivity index is 0.00000220. The van der Waals surface area contributed by atoms with Gasteiger partial charge in [-0.3, -0.25) is 0 Å². The van der Waals surface area contributed by atoms with Gasteiger partial charge in [-0.2, -0.15) is 0 Å². The number of hydrogen-bond donors (Lipinski definition) is 1. The maximum atomic E-state index is 5.89. The standard InChI is InChI=1S/C17H22BrNO.ClH/c1-12(2)8-9-19-11-15-5-7-17(20-15)14-4-6-16(18)13(3)10-14;/h4-7,10,12,19H,8-9,11H2,1-3H3;1H. The lowest BCUT2D eigenvalue weighted by atomic mass is 10.1. The Hall–Kier alpha value is -0.770. The number of halogens is 2. The second-order valence-corrected chi connectivity index (χ2v) is 6.44. The van der Waals surface area contributed by atoms with Crippen LogP contribution in [0.5, 0.6) is 0 Å². The molecule has 1 aromatic heterocycles. The highest BCUT2D eigenvalue weighted by molar-refractivity contribution is 9.10. The molecule has 21 heavy (non-hydrogen) atoms. The Morgan fingerprint density at radius 2 is 1.95 bits per heavy atom. The van der Waals surface area contributed by atoms with Gasteiger partial charge in [-0.25, -0.2) is 0 Å². The summed E-state index contributed by atoms with van der Waals surface area (Å²) in [6, 6.07) is 10.4. The molecule has 4 heteroatoms. The second-order valence-electron chi connectivity index (χ2n) is 5.59. The fraction of sp³-hybridized carbons (Fsp3) is 0.412. The molecule has 0 saturated heterocycles. The van der Waals surface area contributed by atoms with Gasteiger partial charge in [0.2, 0.25) is 0 Å². The van der Waals surface area contributed by atoms with E-state index in [1.165, 1.54) is 12.0 Å². The van der Waals surface area contributed by atoms with Crippen molar-refractivity contribution in [3.63, 3.8) is 0 Å². The zero-order chi connectivity index (χ0) is 14.5. The minimum Gasteiger partial charge on any atom is -0.460 e. The third-order valence-corrected chi connectivity index (χ3v) is 4.19. The van der Waals surface area contributed by atoms with Crippen LogP contribution in [-0.4, -0.2) is 6.54 Å². The van der Waals surface area contributed by atoms with Crippen molar-refractivity contribution in [2.24, 2.45) is 5.92 Å². The molecular formula is C17H23BrClNO. The molecule has 1 N–H and O–H groups in total. The van der Waals surface area contributed by atoms with E-state index < -0.39 is 0 Å². The molecular weight excluding hydrogens is 350 g/mol. The van der Waals surface area contributed by atoms with E-state index in [9.17, 15) is 0 Å². The van der Waals surface area contributed by atoms with Crippen LogP contribution in [0, 0.1) is 12.8 Å². The Kier molecular flexibility index (Phi) is 7.50. The molecule has 1 heterocycles. The highest BCUT2D eigenvalue weighted by Crippen LogP contribution is 2.26. The fourth-order valence-electron chi connectivity index (χ4n) is 2.03. The summed E-state index contributed by atoms with van der Waals surface area (Å²) in [5, 5.41) is 3.42. The maximum absolute atomic E-state index is 5.89. The molecule has 0 fully saturated rings. The van der Waals surface area contributed by atoms with Gasteiger partial charge in [0.05, 0.1) is 6.54 Å². The van der Waals surface area contributed by atoms with Gasteiger partial charge in [-0.15, -0.1) is 12.4 Å². The molecule has 116 valence electrons. The molecule has 2 rings (SSSR count). The predicted molar refractivity (Wildman–Crippen MR) is 95.0 cm³/mol. The van der Waals surface area contributed by atoms with Crippen molar-refractivity contribution in [3.8, 4) is 11.3 Å². The first-order valence-corrected chi connectivity index (χ1v) is 7.91. The molecule has 1 aromatic carbocycles. The van der Waals surface area contributed by atoms with Crippen LogP contribution in [0.15, 0.2) is 39.2 Å². The smallest absolute Gasteiger partial charge is 0.134 e. The Labute approximate surface area is 141 Å². The predicted octanol–water partition coefficient (Wildman–Crippen LogP) is 5.58. The van der Waals surface area contributed by atoms with Crippen LogP contribution >= 0.6 is 28.3 Å². The van der Waals surface area contributed by atoms with E-state index in [1.807, 2.05) is 6.07 Å². The molecule has 0 unspecified atom stereocenters. The van der Waals surface area contributed by atoms with Gasteiger partial charge in [0, 0.05) is 10.0 Å². The third-order valence-electron chi connectivity index (χ3n) is 3.30. The van der Waals surface area contributed by atoms with Crippen LogP contribution in [0.2, 0.25) is 0 Å². The molecule has 0 amide bonds. The lowest BCUT2D eigenvalue weighted by Crippen LogP contribution is -2.15.